The largest absolute Gasteiger partial charge is 0.458 e. The molecule has 0 aromatic heterocycles. The Labute approximate surface area is 128 Å². The van der Waals surface area contributed by atoms with Crippen LogP contribution in [0.3, 0.4) is 0 Å². The van der Waals surface area contributed by atoms with E-state index in [1.54, 1.807) is 20.8 Å². The molecule has 0 radical (unpaired) electrons. The third kappa shape index (κ3) is 2.92. The first-order valence-corrected chi connectivity index (χ1v) is 9.92. The van der Waals surface area contributed by atoms with Gasteiger partial charge in [-0.1, -0.05) is 40.7 Å². The van der Waals surface area contributed by atoms with E-state index in [0.29, 0.717) is 0 Å². The van der Waals surface area contributed by atoms with E-state index in [1.165, 1.54) is 4.57 Å². The molecule has 1 rings (SSSR count). The second-order valence-electron chi connectivity index (χ2n) is 7.97. The minimum absolute atomic E-state index is 0.192. The fourth-order valence-corrected chi connectivity index (χ4v) is 4.44. The summed E-state index contributed by atoms with van der Waals surface area (Å²) in [5.74, 6) is -2.37. The number of rotatable bonds is 2. The first-order valence-electron chi connectivity index (χ1n) is 8.47. The van der Waals surface area contributed by atoms with Gasteiger partial charge < -0.3 is 9.30 Å². The maximum atomic E-state index is 12.6. The molecule has 1 fully saturated rings. The predicted molar refractivity (Wildman–Crippen MR) is 82.8 cm³/mol. The lowest BCUT2D eigenvalue weighted by molar-refractivity contribution is -0.174. The summed E-state index contributed by atoms with van der Waals surface area (Å²) in [7, 11) is -2.37. The highest BCUT2D eigenvalue weighted by molar-refractivity contribution is 6.80. The van der Waals surface area contributed by atoms with Crippen LogP contribution in [0.25, 0.3) is 0 Å². The van der Waals surface area contributed by atoms with E-state index >= 15 is 0 Å². The van der Waals surface area contributed by atoms with Gasteiger partial charge in [-0.3, -0.25) is 4.79 Å². The second kappa shape index (κ2) is 4.86. The molecule has 4 nitrogen and oxygen atoms in total. The van der Waals surface area contributed by atoms with Crippen molar-refractivity contribution >= 4 is 20.1 Å². The number of esters is 1. The van der Waals surface area contributed by atoms with Crippen molar-refractivity contribution in [3.8, 4) is 0 Å². The van der Waals surface area contributed by atoms with Crippen LogP contribution in [0, 0.1) is 5.92 Å². The second-order valence-corrected chi connectivity index (χ2v) is 13.1. The molecule has 20 heavy (non-hydrogen) atoms. The normalized spacial score (nSPS) is 27.3. The number of hydrogen-bond acceptors (Lipinski definition) is 3. The molecular formula is C15H29NO3Si. The Morgan fingerprint density at radius 1 is 1.25 bits per heavy atom. The van der Waals surface area contributed by atoms with Crippen molar-refractivity contribution in [2.75, 3.05) is 0 Å². The van der Waals surface area contributed by atoms with Crippen molar-refractivity contribution in [1.82, 2.24) is 4.57 Å². The van der Waals surface area contributed by atoms with Gasteiger partial charge in [0.15, 0.2) is 8.24 Å². The van der Waals surface area contributed by atoms with Crippen LogP contribution in [0.5, 0.6) is 0 Å². The smallest absolute Gasteiger partial charge is 0.329 e. The lowest BCUT2D eigenvalue weighted by Gasteiger charge is -2.56. The summed E-state index contributed by atoms with van der Waals surface area (Å²) in [4.78, 5) is 25.2. The monoisotopic (exact) mass is 302 g/mol. The Morgan fingerprint density at radius 2 is 1.75 bits per heavy atom. The molecule has 1 heterocycles. The summed E-state index contributed by atoms with van der Waals surface area (Å²) in [5.41, 5.74) is -0.728. The molecule has 0 aliphatic carbocycles. The van der Waals surface area contributed by atoms with Crippen LogP contribution >= 0.6 is 0 Å². The standard InChI is InChI=1S/C15H29NO3Si/c1-10-11(13(18)19-14(2,3)4)16(12(10)17)20(8,9)15(5,6)7/h10-11H,1-9H3/t10-,11-/m1/s1/i1D3. The number of carbonyl (C=O) groups is 2. The van der Waals surface area contributed by atoms with Crippen molar-refractivity contribution in [1.29, 1.82) is 0 Å². The molecule has 1 aliphatic heterocycles. The maximum Gasteiger partial charge on any atom is 0.329 e. The van der Waals surface area contributed by atoms with E-state index in [1.807, 2.05) is 33.9 Å². The molecule has 0 bridgehead atoms. The van der Waals surface area contributed by atoms with Gasteiger partial charge in [0.25, 0.3) is 0 Å². The van der Waals surface area contributed by atoms with Crippen LogP contribution in [0.15, 0.2) is 0 Å². The summed E-state index contributed by atoms with van der Waals surface area (Å²) >= 11 is 0. The minimum Gasteiger partial charge on any atom is -0.458 e. The third-order valence-electron chi connectivity index (χ3n) is 4.18. The summed E-state index contributed by atoms with van der Waals surface area (Å²) in [6.45, 7) is 12.7. The predicted octanol–water partition coefficient (Wildman–Crippen LogP) is 3.18. The molecule has 0 spiro atoms. The number of amides is 1. The Balaban J connectivity index is 3.26. The highest BCUT2D eigenvalue weighted by Crippen LogP contribution is 2.45. The summed E-state index contributed by atoms with van der Waals surface area (Å²) in [6.07, 6.45) is 0. The van der Waals surface area contributed by atoms with E-state index in [-0.39, 0.29) is 5.04 Å². The Bertz CT molecular complexity index is 504. The quantitative estimate of drug-likeness (QED) is 0.447. The topological polar surface area (TPSA) is 46.6 Å². The van der Waals surface area contributed by atoms with E-state index < -0.39 is 44.5 Å². The molecule has 5 heteroatoms. The van der Waals surface area contributed by atoms with E-state index in [4.69, 9.17) is 8.85 Å². The maximum absolute atomic E-state index is 12.6. The number of carbonyl (C=O) groups excluding carboxylic acids is 2. The Kier molecular flexibility index (Phi) is 3.13. The molecule has 1 saturated heterocycles. The van der Waals surface area contributed by atoms with Crippen molar-refractivity contribution in [2.45, 2.75) is 78.2 Å². The molecule has 0 saturated carbocycles. The highest BCUT2D eigenvalue weighted by atomic mass is 28.3. The fraction of sp³-hybridized carbons (Fsp3) is 0.867. The molecule has 0 N–H and O–H groups in total. The van der Waals surface area contributed by atoms with Crippen molar-refractivity contribution in [3.05, 3.63) is 0 Å². The van der Waals surface area contributed by atoms with Gasteiger partial charge in [-0.25, -0.2) is 4.79 Å². The molecule has 116 valence electrons. The van der Waals surface area contributed by atoms with Gasteiger partial charge in [0, 0.05) is 4.11 Å². The van der Waals surface area contributed by atoms with Crippen LogP contribution in [0.4, 0.5) is 0 Å². The van der Waals surface area contributed by atoms with Gasteiger partial charge in [-0.2, -0.15) is 0 Å². The summed E-state index contributed by atoms with van der Waals surface area (Å²) < 4.78 is 29.8. The van der Waals surface area contributed by atoms with E-state index in [9.17, 15) is 9.59 Å². The van der Waals surface area contributed by atoms with Gasteiger partial charge in [0.2, 0.25) is 5.91 Å². The van der Waals surface area contributed by atoms with Crippen molar-refractivity contribution in [2.24, 2.45) is 5.92 Å². The average molecular weight is 303 g/mol. The fourth-order valence-electron chi connectivity index (χ4n) is 2.08. The zero-order chi connectivity index (χ0) is 18.6. The van der Waals surface area contributed by atoms with Crippen LogP contribution in [0.1, 0.15) is 52.5 Å². The van der Waals surface area contributed by atoms with Gasteiger partial charge in [-0.05, 0) is 25.8 Å². The van der Waals surface area contributed by atoms with Crippen molar-refractivity contribution in [3.63, 3.8) is 0 Å². The summed E-state index contributed by atoms with van der Waals surface area (Å²) in [5, 5.41) is -0.192. The Morgan fingerprint density at radius 3 is 2.10 bits per heavy atom. The molecule has 1 aliphatic rings. The molecule has 1 amide bonds. The summed E-state index contributed by atoms with van der Waals surface area (Å²) in [6, 6.07) is -1.02. The van der Waals surface area contributed by atoms with Crippen LogP contribution in [0.2, 0.25) is 18.1 Å². The number of hydrogen-bond donors (Lipinski definition) is 0. The lowest BCUT2D eigenvalue weighted by Crippen LogP contribution is -2.74. The minimum atomic E-state index is -2.50. The average Bonchev–Trinajstić information content (AvgIpc) is 2.18. The number of nitrogens with zero attached hydrogens (tertiary/aromatic N) is 1. The Hall–Kier alpha value is -0.843. The van der Waals surface area contributed by atoms with Gasteiger partial charge in [-0.15, -0.1) is 0 Å². The first-order chi connectivity index (χ1) is 9.91. The van der Waals surface area contributed by atoms with Gasteiger partial charge >= 0.3 is 5.97 Å². The van der Waals surface area contributed by atoms with E-state index in [2.05, 4.69) is 0 Å². The van der Waals surface area contributed by atoms with E-state index in [0.717, 1.165) is 0 Å². The van der Waals surface area contributed by atoms with Crippen LogP contribution in [-0.4, -0.2) is 36.3 Å². The number of β-lactam (4-membered cyclic amide) rings is 1. The first kappa shape index (κ1) is 12.9. The molecular weight excluding hydrogens is 270 g/mol. The zero-order valence-electron chi connectivity index (χ0n) is 16.8. The zero-order valence-corrected chi connectivity index (χ0v) is 14.8. The van der Waals surface area contributed by atoms with Crippen LogP contribution < -0.4 is 0 Å². The van der Waals surface area contributed by atoms with Gasteiger partial charge in [0.05, 0.1) is 5.92 Å². The van der Waals surface area contributed by atoms with Gasteiger partial charge in [0.1, 0.15) is 11.6 Å². The third-order valence-corrected chi connectivity index (χ3v) is 9.56. The highest BCUT2D eigenvalue weighted by Gasteiger charge is 2.59. The van der Waals surface area contributed by atoms with Crippen molar-refractivity contribution < 1.29 is 18.4 Å². The lowest BCUT2D eigenvalue weighted by atomic mass is 9.92. The molecule has 2 atom stereocenters. The number of ether oxygens (including phenoxy) is 1. The van der Waals surface area contributed by atoms with Crippen LogP contribution in [-0.2, 0) is 14.3 Å². The SMILES string of the molecule is [2H]C([2H])([2H])[C@H]1C(=O)N([Si](C)(C)C(C)(C)C)[C@H]1C(=O)OC(C)(C)C. The molecule has 0 unspecified atom stereocenters. The molecule has 0 aromatic rings. The molecule has 0 aromatic carbocycles.